The van der Waals surface area contributed by atoms with Gasteiger partial charge in [-0.3, -0.25) is 4.90 Å². The second-order valence-electron chi connectivity index (χ2n) is 4.11. The van der Waals surface area contributed by atoms with Crippen LogP contribution < -0.4 is 5.32 Å². The van der Waals surface area contributed by atoms with Crippen LogP contribution in [0.1, 0.15) is 17.3 Å². The standard InChI is InChI=1S/C11H16BrClN2OS/c12-8-6-10(17-11(8)13)9(7-16)15-4-1-2-14-3-5-15/h6,9,14,16H,1-5,7H2. The molecule has 2 heterocycles. The van der Waals surface area contributed by atoms with Crippen molar-refractivity contribution >= 4 is 38.9 Å². The quantitative estimate of drug-likeness (QED) is 0.888. The maximum absolute atomic E-state index is 9.61. The van der Waals surface area contributed by atoms with Crippen LogP contribution in [0.15, 0.2) is 10.5 Å². The molecule has 2 N–H and O–H groups in total. The van der Waals surface area contributed by atoms with Gasteiger partial charge in [-0.15, -0.1) is 11.3 Å². The molecule has 0 saturated carbocycles. The van der Waals surface area contributed by atoms with Crippen LogP contribution in [-0.2, 0) is 0 Å². The van der Waals surface area contributed by atoms with Crippen molar-refractivity contribution in [1.82, 2.24) is 10.2 Å². The molecule has 0 aliphatic carbocycles. The van der Waals surface area contributed by atoms with Gasteiger partial charge >= 0.3 is 0 Å². The molecular weight excluding hydrogens is 324 g/mol. The van der Waals surface area contributed by atoms with Gasteiger partial charge in [-0.1, -0.05) is 11.6 Å². The highest BCUT2D eigenvalue weighted by molar-refractivity contribution is 9.10. The molecule has 1 atom stereocenters. The topological polar surface area (TPSA) is 35.5 Å². The Balaban J connectivity index is 2.13. The van der Waals surface area contributed by atoms with Crippen LogP contribution in [0, 0.1) is 0 Å². The predicted molar refractivity (Wildman–Crippen MR) is 75.9 cm³/mol. The summed E-state index contributed by atoms with van der Waals surface area (Å²) >= 11 is 11.0. The average molecular weight is 340 g/mol. The minimum atomic E-state index is 0.0729. The molecule has 3 nitrogen and oxygen atoms in total. The Morgan fingerprint density at radius 1 is 1.53 bits per heavy atom. The maximum Gasteiger partial charge on any atom is 0.107 e. The molecule has 1 aromatic heterocycles. The molecule has 1 aromatic rings. The van der Waals surface area contributed by atoms with Gasteiger partial charge in [0.25, 0.3) is 0 Å². The average Bonchev–Trinajstić information content (AvgIpc) is 2.56. The fourth-order valence-electron chi connectivity index (χ4n) is 2.09. The maximum atomic E-state index is 9.61. The summed E-state index contributed by atoms with van der Waals surface area (Å²) in [5.74, 6) is 0. The molecule has 96 valence electrons. The Labute approximate surface area is 119 Å². The normalized spacial score (nSPS) is 20.2. The SMILES string of the molecule is OCC(c1cc(Br)c(Cl)s1)N1CCCNCC1. The van der Waals surface area contributed by atoms with E-state index in [2.05, 4.69) is 26.1 Å². The van der Waals surface area contributed by atoms with Crippen molar-refractivity contribution in [3.8, 4) is 0 Å². The Hall–Kier alpha value is 0.350. The van der Waals surface area contributed by atoms with Gasteiger partial charge in [-0.05, 0) is 35.0 Å². The van der Waals surface area contributed by atoms with E-state index in [9.17, 15) is 5.11 Å². The van der Waals surface area contributed by atoms with Gasteiger partial charge in [-0.25, -0.2) is 0 Å². The van der Waals surface area contributed by atoms with E-state index in [1.54, 1.807) is 11.3 Å². The van der Waals surface area contributed by atoms with Gasteiger partial charge in [0.1, 0.15) is 4.34 Å². The molecule has 17 heavy (non-hydrogen) atoms. The van der Waals surface area contributed by atoms with Crippen molar-refractivity contribution in [2.75, 3.05) is 32.8 Å². The second-order valence-corrected chi connectivity index (χ2v) is 6.65. The first-order chi connectivity index (χ1) is 8.22. The van der Waals surface area contributed by atoms with E-state index in [0.29, 0.717) is 0 Å². The molecule has 6 heteroatoms. The van der Waals surface area contributed by atoms with Crippen molar-refractivity contribution in [2.45, 2.75) is 12.5 Å². The summed E-state index contributed by atoms with van der Waals surface area (Å²) in [6.45, 7) is 4.17. The molecule has 1 unspecified atom stereocenters. The second kappa shape index (κ2) is 6.50. The zero-order valence-electron chi connectivity index (χ0n) is 9.46. The first-order valence-electron chi connectivity index (χ1n) is 5.72. The zero-order valence-corrected chi connectivity index (χ0v) is 12.6. The lowest BCUT2D eigenvalue weighted by molar-refractivity contribution is 0.132. The summed E-state index contributed by atoms with van der Waals surface area (Å²) in [6.07, 6.45) is 1.12. The molecule has 1 aliphatic heterocycles. The lowest BCUT2D eigenvalue weighted by Crippen LogP contribution is -2.33. The summed E-state index contributed by atoms with van der Waals surface area (Å²) in [4.78, 5) is 3.46. The molecule has 1 saturated heterocycles. The van der Waals surface area contributed by atoms with Crippen LogP contribution >= 0.6 is 38.9 Å². The zero-order chi connectivity index (χ0) is 12.3. The van der Waals surface area contributed by atoms with Crippen molar-refractivity contribution < 1.29 is 5.11 Å². The van der Waals surface area contributed by atoms with E-state index in [1.807, 2.05) is 6.07 Å². The van der Waals surface area contributed by atoms with Gasteiger partial charge in [0.15, 0.2) is 0 Å². The van der Waals surface area contributed by atoms with E-state index in [-0.39, 0.29) is 12.6 Å². The molecular formula is C11H16BrClN2OS. The third-order valence-corrected chi connectivity index (χ3v) is 5.56. The van der Waals surface area contributed by atoms with Crippen LogP contribution in [0.4, 0.5) is 0 Å². The highest BCUT2D eigenvalue weighted by Gasteiger charge is 2.23. The van der Waals surface area contributed by atoms with Gasteiger partial charge in [0.2, 0.25) is 0 Å². The first kappa shape index (κ1) is 13.8. The summed E-state index contributed by atoms with van der Waals surface area (Å²) in [6, 6.07) is 2.09. The summed E-state index contributed by atoms with van der Waals surface area (Å²) < 4.78 is 1.68. The molecule has 1 aliphatic rings. The molecule has 0 amide bonds. The highest BCUT2D eigenvalue weighted by atomic mass is 79.9. The van der Waals surface area contributed by atoms with Crippen LogP contribution in [0.3, 0.4) is 0 Å². The molecule has 0 spiro atoms. The minimum absolute atomic E-state index is 0.0729. The largest absolute Gasteiger partial charge is 0.394 e. The number of rotatable bonds is 3. The first-order valence-corrected chi connectivity index (χ1v) is 7.71. The van der Waals surface area contributed by atoms with Gasteiger partial charge in [0.05, 0.1) is 12.6 Å². The third kappa shape index (κ3) is 3.43. The lowest BCUT2D eigenvalue weighted by Gasteiger charge is -2.27. The van der Waals surface area contributed by atoms with E-state index in [0.717, 1.165) is 46.3 Å². The van der Waals surface area contributed by atoms with Crippen molar-refractivity contribution in [3.05, 3.63) is 19.8 Å². The van der Waals surface area contributed by atoms with Crippen LogP contribution in [-0.4, -0.2) is 42.8 Å². The Morgan fingerprint density at radius 2 is 2.35 bits per heavy atom. The van der Waals surface area contributed by atoms with E-state index in [1.165, 1.54) is 0 Å². The van der Waals surface area contributed by atoms with Gasteiger partial charge < -0.3 is 10.4 Å². The summed E-state index contributed by atoms with van der Waals surface area (Å²) in [7, 11) is 0. The number of nitrogens with zero attached hydrogens (tertiary/aromatic N) is 1. The van der Waals surface area contributed by atoms with Crippen LogP contribution in [0.25, 0.3) is 0 Å². The number of halogens is 2. The Bertz CT molecular complexity index is 347. The fourth-order valence-corrected chi connectivity index (χ4v) is 3.95. The number of hydrogen-bond acceptors (Lipinski definition) is 4. The molecule has 0 radical (unpaired) electrons. The predicted octanol–water partition coefficient (Wildman–Crippen LogP) is 2.49. The minimum Gasteiger partial charge on any atom is -0.394 e. The fraction of sp³-hybridized carbons (Fsp3) is 0.636. The number of aliphatic hydroxyl groups excluding tert-OH is 1. The summed E-state index contributed by atoms with van der Waals surface area (Å²) in [5.41, 5.74) is 0. The number of aliphatic hydroxyl groups is 1. The molecule has 1 fully saturated rings. The molecule has 0 bridgehead atoms. The Kier molecular flexibility index (Phi) is 5.26. The van der Waals surface area contributed by atoms with Crippen molar-refractivity contribution in [1.29, 1.82) is 0 Å². The van der Waals surface area contributed by atoms with E-state index >= 15 is 0 Å². The molecule has 2 rings (SSSR count). The van der Waals surface area contributed by atoms with Crippen molar-refractivity contribution in [2.24, 2.45) is 0 Å². The van der Waals surface area contributed by atoms with Gasteiger partial charge in [0, 0.05) is 29.0 Å². The monoisotopic (exact) mass is 338 g/mol. The van der Waals surface area contributed by atoms with Crippen LogP contribution in [0.2, 0.25) is 4.34 Å². The van der Waals surface area contributed by atoms with Crippen LogP contribution in [0.5, 0.6) is 0 Å². The highest BCUT2D eigenvalue weighted by Crippen LogP contribution is 2.37. The van der Waals surface area contributed by atoms with Crippen molar-refractivity contribution in [3.63, 3.8) is 0 Å². The third-order valence-electron chi connectivity index (χ3n) is 2.98. The van der Waals surface area contributed by atoms with E-state index < -0.39 is 0 Å². The number of hydrogen-bond donors (Lipinski definition) is 2. The smallest absolute Gasteiger partial charge is 0.107 e. The van der Waals surface area contributed by atoms with E-state index in [4.69, 9.17) is 11.6 Å². The number of thiophene rings is 1. The van der Waals surface area contributed by atoms with Gasteiger partial charge in [-0.2, -0.15) is 0 Å². The Morgan fingerprint density at radius 3 is 3.00 bits per heavy atom. The molecule has 0 aromatic carbocycles. The summed E-state index contributed by atoms with van der Waals surface area (Å²) in [5, 5.41) is 13.0. The lowest BCUT2D eigenvalue weighted by atomic mass is 10.2. The number of nitrogens with one attached hydrogen (secondary N) is 1.